The predicted molar refractivity (Wildman–Crippen MR) is 61.2 cm³/mol. The smallest absolute Gasteiger partial charge is 0.399 e. The summed E-state index contributed by atoms with van der Waals surface area (Å²) in [6.45, 7) is -1.52. The maximum atomic E-state index is 13.3. The second kappa shape index (κ2) is 6.00. The number of rotatable bonds is 4. The van der Waals surface area contributed by atoms with Gasteiger partial charge < -0.3 is 11.1 Å². The SMILES string of the molecule is Nc1ccc(S(=O)CC(=O)NCC(F)(F)F)c(F)c1. The number of hydrogen-bond acceptors (Lipinski definition) is 3. The van der Waals surface area contributed by atoms with Crippen molar-refractivity contribution in [1.29, 1.82) is 0 Å². The van der Waals surface area contributed by atoms with E-state index in [1.54, 1.807) is 5.32 Å². The first kappa shape index (κ1) is 15.4. The van der Waals surface area contributed by atoms with Gasteiger partial charge in [0.25, 0.3) is 0 Å². The standard InChI is InChI=1S/C10H10F4N2O2S/c11-7-3-6(15)1-2-8(7)19(18)4-9(17)16-5-10(12,13)14/h1-3H,4-5,15H2,(H,16,17). The summed E-state index contributed by atoms with van der Waals surface area (Å²) in [7, 11) is -2.07. The van der Waals surface area contributed by atoms with Crippen molar-refractivity contribution in [3.63, 3.8) is 0 Å². The zero-order valence-corrected chi connectivity index (χ0v) is 10.3. The van der Waals surface area contributed by atoms with Crippen molar-refractivity contribution < 1.29 is 26.6 Å². The number of amides is 1. The van der Waals surface area contributed by atoms with Crippen LogP contribution in [0.1, 0.15) is 0 Å². The molecule has 3 N–H and O–H groups in total. The third-order valence-corrected chi connectivity index (χ3v) is 3.30. The van der Waals surface area contributed by atoms with Crippen LogP contribution in [0.4, 0.5) is 23.2 Å². The lowest BCUT2D eigenvalue weighted by Crippen LogP contribution is -2.36. The lowest BCUT2D eigenvalue weighted by Gasteiger charge is -2.08. The highest BCUT2D eigenvalue weighted by molar-refractivity contribution is 7.85. The number of anilines is 1. The zero-order chi connectivity index (χ0) is 14.6. The van der Waals surface area contributed by atoms with E-state index in [0.717, 1.165) is 12.1 Å². The van der Waals surface area contributed by atoms with Crippen molar-refractivity contribution in [2.45, 2.75) is 11.1 Å². The van der Waals surface area contributed by atoms with Crippen LogP contribution in [-0.2, 0) is 15.6 Å². The molecule has 1 atom stereocenters. The Kier molecular flexibility index (Phi) is 4.87. The van der Waals surface area contributed by atoms with Gasteiger partial charge in [-0.1, -0.05) is 0 Å². The average molecular weight is 298 g/mol. The van der Waals surface area contributed by atoms with Crippen molar-refractivity contribution in [1.82, 2.24) is 5.32 Å². The van der Waals surface area contributed by atoms with E-state index in [1.807, 2.05) is 0 Å². The molecule has 19 heavy (non-hydrogen) atoms. The molecule has 1 amide bonds. The maximum Gasteiger partial charge on any atom is 0.405 e. The predicted octanol–water partition coefficient (Wildman–Crippen LogP) is 1.19. The number of carbonyl (C=O) groups excluding carboxylic acids is 1. The number of nitrogens with two attached hydrogens (primary N) is 1. The fraction of sp³-hybridized carbons (Fsp3) is 0.300. The normalized spacial score (nSPS) is 13.1. The monoisotopic (exact) mass is 298 g/mol. The van der Waals surface area contributed by atoms with E-state index < -0.39 is 41.0 Å². The van der Waals surface area contributed by atoms with E-state index >= 15 is 0 Å². The highest BCUT2D eigenvalue weighted by Gasteiger charge is 2.28. The first-order valence-electron chi connectivity index (χ1n) is 4.96. The van der Waals surface area contributed by atoms with E-state index in [-0.39, 0.29) is 10.6 Å². The summed E-state index contributed by atoms with van der Waals surface area (Å²) in [5, 5.41) is 1.55. The molecule has 1 rings (SSSR count). The van der Waals surface area contributed by atoms with Gasteiger partial charge in [0.1, 0.15) is 18.1 Å². The molecule has 0 aliphatic carbocycles. The van der Waals surface area contributed by atoms with Crippen LogP contribution >= 0.6 is 0 Å². The molecule has 4 nitrogen and oxygen atoms in total. The second-order valence-electron chi connectivity index (χ2n) is 3.57. The highest BCUT2D eigenvalue weighted by atomic mass is 32.2. The molecule has 0 heterocycles. The van der Waals surface area contributed by atoms with E-state index in [2.05, 4.69) is 0 Å². The van der Waals surface area contributed by atoms with E-state index in [1.165, 1.54) is 6.07 Å². The summed E-state index contributed by atoms with van der Waals surface area (Å²) >= 11 is 0. The highest BCUT2D eigenvalue weighted by Crippen LogP contribution is 2.16. The summed E-state index contributed by atoms with van der Waals surface area (Å²) in [5.74, 6) is -2.70. The number of halogens is 4. The van der Waals surface area contributed by atoms with Crippen LogP contribution in [0.25, 0.3) is 0 Å². The Morgan fingerprint density at radius 2 is 2.00 bits per heavy atom. The van der Waals surface area contributed by atoms with Gasteiger partial charge in [-0.2, -0.15) is 13.2 Å². The molecule has 1 unspecified atom stereocenters. The Balaban J connectivity index is 2.62. The van der Waals surface area contributed by atoms with Crippen LogP contribution in [0.15, 0.2) is 23.1 Å². The minimum absolute atomic E-state index is 0.111. The third-order valence-electron chi connectivity index (χ3n) is 1.95. The van der Waals surface area contributed by atoms with E-state index in [0.29, 0.717) is 0 Å². The molecule has 9 heteroatoms. The molecule has 106 valence electrons. The molecular weight excluding hydrogens is 288 g/mol. The maximum absolute atomic E-state index is 13.3. The Hall–Kier alpha value is -1.64. The summed E-state index contributed by atoms with van der Waals surface area (Å²) < 4.78 is 60.4. The number of benzene rings is 1. The molecule has 1 aromatic rings. The largest absolute Gasteiger partial charge is 0.405 e. The summed E-state index contributed by atoms with van der Waals surface area (Å²) in [6, 6.07) is 3.32. The lowest BCUT2D eigenvalue weighted by molar-refractivity contribution is -0.136. The fourth-order valence-electron chi connectivity index (χ4n) is 1.15. The zero-order valence-electron chi connectivity index (χ0n) is 9.46. The number of hydrogen-bond donors (Lipinski definition) is 2. The van der Waals surface area contributed by atoms with Gasteiger partial charge >= 0.3 is 6.18 Å². The van der Waals surface area contributed by atoms with Crippen molar-refractivity contribution >= 4 is 22.4 Å². The quantitative estimate of drug-likeness (QED) is 0.648. The van der Waals surface area contributed by atoms with Gasteiger partial charge in [0.2, 0.25) is 5.91 Å². The number of nitrogen functional groups attached to an aromatic ring is 1. The molecule has 1 aromatic carbocycles. The fourth-order valence-corrected chi connectivity index (χ4v) is 2.14. The van der Waals surface area contributed by atoms with Crippen LogP contribution < -0.4 is 11.1 Å². The lowest BCUT2D eigenvalue weighted by atomic mass is 10.3. The Morgan fingerprint density at radius 3 is 2.53 bits per heavy atom. The first-order valence-corrected chi connectivity index (χ1v) is 6.28. The minimum Gasteiger partial charge on any atom is -0.399 e. The van der Waals surface area contributed by atoms with Gasteiger partial charge in [-0.25, -0.2) is 4.39 Å². The molecule has 0 saturated heterocycles. The van der Waals surface area contributed by atoms with Gasteiger partial charge in [-0.15, -0.1) is 0 Å². The second-order valence-corrected chi connectivity index (χ2v) is 4.99. The van der Waals surface area contributed by atoms with Gasteiger partial charge in [0.05, 0.1) is 15.7 Å². The van der Waals surface area contributed by atoms with Gasteiger partial charge in [0.15, 0.2) is 0 Å². The number of carbonyl (C=O) groups is 1. The summed E-state index contributed by atoms with van der Waals surface area (Å²) in [5.41, 5.74) is 5.39. The van der Waals surface area contributed by atoms with Crippen LogP contribution in [0.3, 0.4) is 0 Å². The molecular formula is C10H10F4N2O2S. The molecule has 0 aliphatic heterocycles. The Morgan fingerprint density at radius 1 is 1.37 bits per heavy atom. The van der Waals surface area contributed by atoms with Crippen molar-refractivity contribution in [3.05, 3.63) is 24.0 Å². The van der Waals surface area contributed by atoms with Gasteiger partial charge in [-0.05, 0) is 18.2 Å². The minimum atomic E-state index is -4.55. The van der Waals surface area contributed by atoms with Crippen LogP contribution in [-0.4, -0.2) is 28.6 Å². The third kappa shape index (κ3) is 5.25. The molecule has 0 spiro atoms. The number of alkyl halides is 3. The van der Waals surface area contributed by atoms with Gasteiger partial charge in [0, 0.05) is 5.69 Å². The van der Waals surface area contributed by atoms with E-state index in [9.17, 15) is 26.6 Å². The van der Waals surface area contributed by atoms with Crippen molar-refractivity contribution in [2.24, 2.45) is 0 Å². The van der Waals surface area contributed by atoms with Crippen LogP contribution in [0, 0.1) is 5.82 Å². The molecule has 0 bridgehead atoms. The van der Waals surface area contributed by atoms with Crippen LogP contribution in [0.2, 0.25) is 0 Å². The Labute approximate surface area is 108 Å². The van der Waals surface area contributed by atoms with E-state index in [4.69, 9.17) is 5.73 Å². The van der Waals surface area contributed by atoms with Crippen LogP contribution in [0.5, 0.6) is 0 Å². The summed E-state index contributed by atoms with van der Waals surface area (Å²) in [4.78, 5) is 10.8. The van der Waals surface area contributed by atoms with Crippen molar-refractivity contribution in [3.8, 4) is 0 Å². The average Bonchev–Trinajstić information content (AvgIpc) is 2.25. The Bertz CT molecular complexity index is 505. The molecule has 0 fully saturated rings. The summed E-state index contributed by atoms with van der Waals surface area (Å²) in [6.07, 6.45) is -4.55. The van der Waals surface area contributed by atoms with Crippen molar-refractivity contribution in [2.75, 3.05) is 18.0 Å². The molecule has 0 radical (unpaired) electrons. The molecule has 0 saturated carbocycles. The molecule has 0 aromatic heterocycles. The topological polar surface area (TPSA) is 72.2 Å². The number of nitrogens with one attached hydrogen (secondary N) is 1. The molecule has 0 aliphatic rings. The first-order chi connectivity index (χ1) is 8.69. The van der Waals surface area contributed by atoms with Gasteiger partial charge in [-0.3, -0.25) is 9.00 Å².